The van der Waals surface area contributed by atoms with Gasteiger partial charge < -0.3 is 10.5 Å². The van der Waals surface area contributed by atoms with Gasteiger partial charge in [-0.25, -0.2) is 9.37 Å². The first kappa shape index (κ1) is 11.0. The fraction of sp³-hybridized carbons (Fsp3) is 0.214. The molecule has 2 heterocycles. The van der Waals surface area contributed by atoms with Crippen LogP contribution < -0.4 is 10.5 Å². The number of benzene rings is 1. The number of ether oxygens (including phenoxy) is 1. The molecule has 0 aliphatic carbocycles. The summed E-state index contributed by atoms with van der Waals surface area (Å²) in [5.41, 5.74) is 7.69. The highest BCUT2D eigenvalue weighted by atomic mass is 19.1. The maximum Gasteiger partial charge on any atom is 0.126 e. The minimum atomic E-state index is -0.223. The lowest BCUT2D eigenvalue weighted by Gasteiger charge is -2.11. The Morgan fingerprint density at radius 2 is 2.28 bits per heavy atom. The third-order valence-corrected chi connectivity index (χ3v) is 3.14. The Morgan fingerprint density at radius 3 is 3.11 bits per heavy atom. The summed E-state index contributed by atoms with van der Waals surface area (Å²) in [6.07, 6.45) is 3.07. The second-order valence-corrected chi connectivity index (χ2v) is 4.45. The standard InChI is InChI=1S/C14H13FN2O/c15-11-3-4-13-10(6-11)8-12(18-13)7-9-2-1-5-17-14(9)16/h1-6,12H,7-8H2,(H2,16,17). The number of rotatable bonds is 2. The summed E-state index contributed by atoms with van der Waals surface area (Å²) in [6.45, 7) is 0. The quantitative estimate of drug-likeness (QED) is 0.882. The minimum absolute atomic E-state index is 0.00769. The molecule has 18 heavy (non-hydrogen) atoms. The zero-order chi connectivity index (χ0) is 12.5. The van der Waals surface area contributed by atoms with Gasteiger partial charge in [0.1, 0.15) is 23.5 Å². The van der Waals surface area contributed by atoms with Crippen molar-refractivity contribution in [1.82, 2.24) is 4.98 Å². The first-order chi connectivity index (χ1) is 8.72. The zero-order valence-electron chi connectivity index (χ0n) is 9.77. The van der Waals surface area contributed by atoms with E-state index in [1.165, 1.54) is 12.1 Å². The number of nitrogen functional groups attached to an aromatic ring is 1. The van der Waals surface area contributed by atoms with E-state index in [1.54, 1.807) is 12.3 Å². The zero-order valence-corrected chi connectivity index (χ0v) is 9.77. The van der Waals surface area contributed by atoms with E-state index in [2.05, 4.69) is 4.98 Å². The molecule has 0 fully saturated rings. The van der Waals surface area contributed by atoms with Crippen molar-refractivity contribution < 1.29 is 9.13 Å². The number of nitrogens with two attached hydrogens (primary N) is 1. The third kappa shape index (κ3) is 2.01. The van der Waals surface area contributed by atoms with Crippen LogP contribution in [0.2, 0.25) is 0 Å². The SMILES string of the molecule is Nc1ncccc1CC1Cc2cc(F)ccc2O1. The third-order valence-electron chi connectivity index (χ3n) is 3.14. The van der Waals surface area contributed by atoms with Crippen LogP contribution in [0.15, 0.2) is 36.5 Å². The molecule has 0 saturated heterocycles. The van der Waals surface area contributed by atoms with E-state index >= 15 is 0 Å². The van der Waals surface area contributed by atoms with Crippen LogP contribution in [-0.2, 0) is 12.8 Å². The number of pyridine rings is 1. The van der Waals surface area contributed by atoms with E-state index in [0.29, 0.717) is 18.7 Å². The summed E-state index contributed by atoms with van der Waals surface area (Å²) in [6, 6.07) is 8.42. The first-order valence-electron chi connectivity index (χ1n) is 5.87. The van der Waals surface area contributed by atoms with Gasteiger partial charge >= 0.3 is 0 Å². The predicted molar refractivity (Wildman–Crippen MR) is 66.9 cm³/mol. The van der Waals surface area contributed by atoms with Gasteiger partial charge in [0, 0.05) is 24.6 Å². The van der Waals surface area contributed by atoms with Crippen molar-refractivity contribution >= 4 is 5.82 Å². The normalized spacial score (nSPS) is 17.3. The van der Waals surface area contributed by atoms with Crippen molar-refractivity contribution in [3.8, 4) is 5.75 Å². The lowest BCUT2D eigenvalue weighted by atomic mass is 10.0. The average Bonchev–Trinajstić information content (AvgIpc) is 2.73. The number of fused-ring (bicyclic) bond motifs is 1. The molecular formula is C14H13FN2O. The second-order valence-electron chi connectivity index (χ2n) is 4.45. The highest BCUT2D eigenvalue weighted by Gasteiger charge is 2.24. The first-order valence-corrected chi connectivity index (χ1v) is 5.87. The number of nitrogens with zero attached hydrogens (tertiary/aromatic N) is 1. The van der Waals surface area contributed by atoms with Gasteiger partial charge in [0.2, 0.25) is 0 Å². The summed E-state index contributed by atoms with van der Waals surface area (Å²) < 4.78 is 18.9. The maximum atomic E-state index is 13.1. The molecule has 1 aliphatic heterocycles. The molecule has 2 N–H and O–H groups in total. The number of hydrogen-bond acceptors (Lipinski definition) is 3. The van der Waals surface area contributed by atoms with Gasteiger partial charge in [0.05, 0.1) is 0 Å². The van der Waals surface area contributed by atoms with Gasteiger partial charge in [-0.15, -0.1) is 0 Å². The molecule has 0 radical (unpaired) electrons. The van der Waals surface area contributed by atoms with Gasteiger partial charge in [0.15, 0.2) is 0 Å². The van der Waals surface area contributed by atoms with E-state index in [0.717, 1.165) is 16.9 Å². The highest BCUT2D eigenvalue weighted by molar-refractivity contribution is 5.42. The number of hydrogen-bond donors (Lipinski definition) is 1. The predicted octanol–water partition coefficient (Wildman–Crippen LogP) is 2.35. The van der Waals surface area contributed by atoms with Gasteiger partial charge in [-0.2, -0.15) is 0 Å². The molecule has 4 heteroatoms. The molecule has 92 valence electrons. The molecule has 1 aromatic carbocycles. The van der Waals surface area contributed by atoms with Crippen LogP contribution >= 0.6 is 0 Å². The molecule has 1 aromatic heterocycles. The lowest BCUT2D eigenvalue weighted by molar-refractivity contribution is 0.233. The van der Waals surface area contributed by atoms with Crippen LogP contribution in [0.3, 0.4) is 0 Å². The Kier molecular flexibility index (Phi) is 2.63. The van der Waals surface area contributed by atoms with Crippen LogP contribution in [-0.4, -0.2) is 11.1 Å². The largest absolute Gasteiger partial charge is 0.489 e. The Labute approximate surface area is 104 Å². The lowest BCUT2D eigenvalue weighted by Crippen LogP contribution is -2.17. The molecule has 1 atom stereocenters. The molecule has 0 amide bonds. The summed E-state index contributed by atoms with van der Waals surface area (Å²) in [7, 11) is 0. The Morgan fingerprint density at radius 1 is 1.39 bits per heavy atom. The van der Waals surface area contributed by atoms with E-state index in [4.69, 9.17) is 10.5 Å². The molecule has 1 unspecified atom stereocenters. The van der Waals surface area contributed by atoms with Gasteiger partial charge in [-0.3, -0.25) is 0 Å². The molecular weight excluding hydrogens is 231 g/mol. The van der Waals surface area contributed by atoms with Crippen molar-refractivity contribution in [2.45, 2.75) is 18.9 Å². The summed E-state index contributed by atoms with van der Waals surface area (Å²) in [4.78, 5) is 4.05. The van der Waals surface area contributed by atoms with Gasteiger partial charge in [-0.1, -0.05) is 6.07 Å². The smallest absolute Gasteiger partial charge is 0.126 e. The summed E-state index contributed by atoms with van der Waals surface area (Å²) in [5.74, 6) is 1.07. The van der Waals surface area contributed by atoms with Crippen LogP contribution in [0.1, 0.15) is 11.1 Å². The number of halogens is 1. The number of anilines is 1. The Balaban J connectivity index is 1.77. The van der Waals surface area contributed by atoms with Crippen LogP contribution in [0, 0.1) is 5.82 Å². The van der Waals surface area contributed by atoms with Crippen molar-refractivity contribution in [3.63, 3.8) is 0 Å². The minimum Gasteiger partial charge on any atom is -0.489 e. The Hall–Kier alpha value is -2.10. The van der Waals surface area contributed by atoms with Crippen LogP contribution in [0.4, 0.5) is 10.2 Å². The molecule has 0 bridgehead atoms. The van der Waals surface area contributed by atoms with Gasteiger partial charge in [0.25, 0.3) is 0 Å². The van der Waals surface area contributed by atoms with Gasteiger partial charge in [-0.05, 0) is 29.8 Å². The summed E-state index contributed by atoms with van der Waals surface area (Å²) >= 11 is 0. The average molecular weight is 244 g/mol. The van der Waals surface area contributed by atoms with E-state index in [9.17, 15) is 4.39 Å². The van der Waals surface area contributed by atoms with Crippen molar-refractivity contribution in [3.05, 3.63) is 53.5 Å². The Bertz CT molecular complexity index is 586. The fourth-order valence-electron chi connectivity index (χ4n) is 2.27. The molecule has 0 spiro atoms. The van der Waals surface area contributed by atoms with E-state index in [1.807, 2.05) is 12.1 Å². The molecule has 2 aromatic rings. The molecule has 3 rings (SSSR count). The van der Waals surface area contributed by atoms with E-state index in [-0.39, 0.29) is 11.9 Å². The molecule has 3 nitrogen and oxygen atoms in total. The summed E-state index contributed by atoms with van der Waals surface area (Å²) in [5, 5.41) is 0. The topological polar surface area (TPSA) is 48.1 Å². The van der Waals surface area contributed by atoms with Crippen LogP contribution in [0.5, 0.6) is 5.75 Å². The van der Waals surface area contributed by atoms with E-state index < -0.39 is 0 Å². The fourth-order valence-corrected chi connectivity index (χ4v) is 2.27. The maximum absolute atomic E-state index is 13.1. The molecule has 0 saturated carbocycles. The van der Waals surface area contributed by atoms with Crippen molar-refractivity contribution in [2.75, 3.05) is 5.73 Å². The van der Waals surface area contributed by atoms with Crippen LogP contribution in [0.25, 0.3) is 0 Å². The van der Waals surface area contributed by atoms with Crippen molar-refractivity contribution in [2.24, 2.45) is 0 Å². The monoisotopic (exact) mass is 244 g/mol. The second kappa shape index (κ2) is 4.29. The van der Waals surface area contributed by atoms with Crippen molar-refractivity contribution in [1.29, 1.82) is 0 Å². The number of aromatic nitrogens is 1. The highest BCUT2D eigenvalue weighted by Crippen LogP contribution is 2.31. The molecule has 1 aliphatic rings.